The summed E-state index contributed by atoms with van der Waals surface area (Å²) in [6.45, 7) is 2.50. The molecule has 0 atom stereocenters. The molecule has 1 N–H and O–H groups in total. The summed E-state index contributed by atoms with van der Waals surface area (Å²) in [5, 5.41) is 0. The zero-order valence-electron chi connectivity index (χ0n) is 12.0. The van der Waals surface area contributed by atoms with Gasteiger partial charge >= 0.3 is 0 Å². The molecule has 2 rings (SSSR count). The third-order valence-electron chi connectivity index (χ3n) is 2.74. The highest BCUT2D eigenvalue weighted by atomic mass is 32.2. The van der Waals surface area contributed by atoms with Crippen LogP contribution < -0.4 is 9.46 Å². The van der Waals surface area contributed by atoms with Gasteiger partial charge in [-0.1, -0.05) is 13.0 Å². The smallest absolute Gasteiger partial charge is 0.265 e. The molecule has 0 aliphatic carbocycles. The summed E-state index contributed by atoms with van der Waals surface area (Å²) in [7, 11) is -3.94. The number of ether oxygens (including phenoxy) is 1. The van der Waals surface area contributed by atoms with E-state index >= 15 is 0 Å². The highest BCUT2D eigenvalue weighted by Crippen LogP contribution is 2.14. The maximum atomic E-state index is 12.1. The Bertz CT molecular complexity index is 745. The number of carbonyl (C=O) groups excluding carboxylic acids is 1. The van der Waals surface area contributed by atoms with Gasteiger partial charge in [-0.2, -0.15) is 0 Å². The molecule has 116 valence electrons. The van der Waals surface area contributed by atoms with Gasteiger partial charge in [-0.15, -0.1) is 0 Å². The van der Waals surface area contributed by atoms with Crippen molar-refractivity contribution >= 4 is 15.9 Å². The third kappa shape index (κ3) is 4.05. The Balaban J connectivity index is 2.15. The van der Waals surface area contributed by atoms with E-state index in [9.17, 15) is 13.2 Å². The molecule has 1 amide bonds. The molecule has 0 aliphatic heterocycles. The fourth-order valence-electron chi connectivity index (χ4n) is 1.69. The largest absolute Gasteiger partial charge is 0.494 e. The van der Waals surface area contributed by atoms with E-state index in [1.165, 1.54) is 36.7 Å². The molecule has 7 heteroatoms. The summed E-state index contributed by atoms with van der Waals surface area (Å²) in [5.74, 6) is -0.195. The first-order chi connectivity index (χ1) is 10.5. The van der Waals surface area contributed by atoms with E-state index in [0.717, 1.165) is 6.42 Å². The quantitative estimate of drug-likeness (QED) is 0.879. The lowest BCUT2D eigenvalue weighted by molar-refractivity contribution is 0.0981. The van der Waals surface area contributed by atoms with Gasteiger partial charge in [-0.05, 0) is 36.8 Å². The van der Waals surface area contributed by atoms with Gasteiger partial charge in [-0.25, -0.2) is 13.1 Å². The van der Waals surface area contributed by atoms with Crippen LogP contribution in [-0.4, -0.2) is 25.9 Å². The first-order valence-corrected chi connectivity index (χ1v) is 8.21. The van der Waals surface area contributed by atoms with E-state index in [2.05, 4.69) is 4.98 Å². The second-order valence-corrected chi connectivity index (χ2v) is 6.18. The maximum Gasteiger partial charge on any atom is 0.265 e. The number of rotatable bonds is 6. The van der Waals surface area contributed by atoms with E-state index in [-0.39, 0.29) is 10.5 Å². The molecule has 2 aromatic rings. The molecule has 0 spiro atoms. The van der Waals surface area contributed by atoms with E-state index in [4.69, 9.17) is 4.74 Å². The number of sulfonamides is 1. The molecule has 0 radical (unpaired) electrons. The van der Waals surface area contributed by atoms with Crippen molar-refractivity contribution in [3.8, 4) is 5.75 Å². The van der Waals surface area contributed by atoms with Crippen LogP contribution in [0.25, 0.3) is 0 Å². The fourth-order valence-corrected chi connectivity index (χ4v) is 2.63. The Hall–Kier alpha value is -2.41. The highest BCUT2D eigenvalue weighted by Gasteiger charge is 2.19. The molecule has 1 heterocycles. The zero-order valence-corrected chi connectivity index (χ0v) is 12.8. The Morgan fingerprint density at radius 2 is 2.09 bits per heavy atom. The summed E-state index contributed by atoms with van der Waals surface area (Å²) in [6.07, 6.45) is 3.47. The van der Waals surface area contributed by atoms with Crippen LogP contribution in [-0.2, 0) is 10.0 Å². The van der Waals surface area contributed by atoms with Crippen LogP contribution in [0.15, 0.2) is 53.7 Å². The minimum Gasteiger partial charge on any atom is -0.494 e. The SMILES string of the molecule is CCCOc1cccc(C(=O)NS(=O)(=O)c2cccnc2)c1. The molecule has 0 unspecified atom stereocenters. The molecular formula is C15H16N2O4S. The van der Waals surface area contributed by atoms with Crippen LogP contribution in [0, 0.1) is 0 Å². The average Bonchev–Trinajstić information content (AvgIpc) is 2.53. The molecule has 0 saturated heterocycles. The molecule has 6 nitrogen and oxygen atoms in total. The number of hydrogen-bond acceptors (Lipinski definition) is 5. The average molecular weight is 320 g/mol. The minimum atomic E-state index is -3.94. The minimum absolute atomic E-state index is 0.0678. The molecule has 0 bridgehead atoms. The number of aromatic nitrogens is 1. The zero-order chi connectivity index (χ0) is 16.0. The molecular weight excluding hydrogens is 304 g/mol. The molecule has 0 aliphatic rings. The molecule has 1 aromatic carbocycles. The van der Waals surface area contributed by atoms with Gasteiger partial charge < -0.3 is 4.74 Å². The Morgan fingerprint density at radius 1 is 1.27 bits per heavy atom. The Labute approximate surface area is 129 Å². The standard InChI is InChI=1S/C15H16N2O4S/c1-2-9-21-13-6-3-5-12(10-13)15(18)17-22(19,20)14-7-4-8-16-11-14/h3-8,10-11H,2,9H2,1H3,(H,17,18). The van der Waals surface area contributed by atoms with Crippen LogP contribution in [0.5, 0.6) is 5.75 Å². The normalized spacial score (nSPS) is 11.0. The first-order valence-electron chi connectivity index (χ1n) is 6.73. The predicted molar refractivity (Wildman–Crippen MR) is 81.1 cm³/mol. The van der Waals surface area contributed by atoms with Gasteiger partial charge in [0.2, 0.25) is 0 Å². The summed E-state index contributed by atoms with van der Waals surface area (Å²) in [6, 6.07) is 9.22. The summed E-state index contributed by atoms with van der Waals surface area (Å²) >= 11 is 0. The number of nitrogens with one attached hydrogen (secondary N) is 1. The van der Waals surface area contributed by atoms with Crippen molar-refractivity contribution in [3.63, 3.8) is 0 Å². The van der Waals surface area contributed by atoms with Crippen LogP contribution >= 0.6 is 0 Å². The second kappa shape index (κ2) is 7.04. The van der Waals surface area contributed by atoms with Crippen molar-refractivity contribution in [2.45, 2.75) is 18.2 Å². The highest BCUT2D eigenvalue weighted by molar-refractivity contribution is 7.90. The van der Waals surface area contributed by atoms with Crippen LogP contribution in [0.2, 0.25) is 0 Å². The summed E-state index contributed by atoms with van der Waals surface area (Å²) in [5.41, 5.74) is 0.209. The van der Waals surface area contributed by atoms with Gasteiger partial charge in [0.05, 0.1) is 6.61 Å². The Kier molecular flexibility index (Phi) is 5.11. The van der Waals surface area contributed by atoms with Crippen LogP contribution in [0.3, 0.4) is 0 Å². The number of pyridine rings is 1. The van der Waals surface area contributed by atoms with Gasteiger partial charge in [0.15, 0.2) is 0 Å². The summed E-state index contributed by atoms with van der Waals surface area (Å²) in [4.78, 5) is 15.8. The first kappa shape index (κ1) is 16.0. The summed E-state index contributed by atoms with van der Waals surface area (Å²) < 4.78 is 31.6. The van der Waals surface area contributed by atoms with Gasteiger partial charge in [0.1, 0.15) is 10.6 Å². The molecule has 1 aromatic heterocycles. The van der Waals surface area contributed by atoms with Crippen molar-refractivity contribution in [2.75, 3.05) is 6.61 Å². The second-order valence-electron chi connectivity index (χ2n) is 4.50. The lowest BCUT2D eigenvalue weighted by Crippen LogP contribution is -2.30. The lowest BCUT2D eigenvalue weighted by atomic mass is 10.2. The maximum absolute atomic E-state index is 12.1. The topological polar surface area (TPSA) is 85.4 Å². The van der Waals surface area contributed by atoms with Crippen molar-refractivity contribution in [3.05, 3.63) is 54.4 Å². The van der Waals surface area contributed by atoms with E-state index in [0.29, 0.717) is 12.4 Å². The monoisotopic (exact) mass is 320 g/mol. The van der Waals surface area contributed by atoms with Crippen molar-refractivity contribution < 1.29 is 17.9 Å². The number of nitrogens with zero attached hydrogens (tertiary/aromatic N) is 1. The van der Waals surface area contributed by atoms with Crippen molar-refractivity contribution in [1.29, 1.82) is 0 Å². The third-order valence-corrected chi connectivity index (χ3v) is 4.06. The van der Waals surface area contributed by atoms with E-state index in [1.54, 1.807) is 12.1 Å². The number of hydrogen-bond donors (Lipinski definition) is 1. The van der Waals surface area contributed by atoms with Crippen LogP contribution in [0.4, 0.5) is 0 Å². The van der Waals surface area contributed by atoms with Crippen LogP contribution in [0.1, 0.15) is 23.7 Å². The lowest BCUT2D eigenvalue weighted by Gasteiger charge is -2.08. The molecule has 0 fully saturated rings. The van der Waals surface area contributed by atoms with E-state index < -0.39 is 15.9 Å². The number of benzene rings is 1. The molecule has 0 saturated carbocycles. The van der Waals surface area contributed by atoms with Crippen molar-refractivity contribution in [1.82, 2.24) is 9.71 Å². The molecule has 22 heavy (non-hydrogen) atoms. The number of carbonyl (C=O) groups is 1. The van der Waals surface area contributed by atoms with Gasteiger partial charge in [0.25, 0.3) is 15.9 Å². The van der Waals surface area contributed by atoms with E-state index in [1.807, 2.05) is 11.6 Å². The number of amides is 1. The Morgan fingerprint density at radius 3 is 2.77 bits per heavy atom. The predicted octanol–water partition coefficient (Wildman–Crippen LogP) is 1.99. The van der Waals surface area contributed by atoms with Gasteiger partial charge in [0, 0.05) is 18.0 Å². The van der Waals surface area contributed by atoms with Crippen molar-refractivity contribution in [2.24, 2.45) is 0 Å². The van der Waals surface area contributed by atoms with Gasteiger partial charge in [-0.3, -0.25) is 9.78 Å². The fraction of sp³-hybridized carbons (Fsp3) is 0.200.